The van der Waals surface area contributed by atoms with E-state index in [4.69, 9.17) is 0 Å². The van der Waals surface area contributed by atoms with Gasteiger partial charge in [0.05, 0.1) is 17.1 Å². The van der Waals surface area contributed by atoms with Gasteiger partial charge in [-0.05, 0) is 6.42 Å². The van der Waals surface area contributed by atoms with Crippen LogP contribution in [0.2, 0.25) is 6.82 Å². The molecule has 6 heteroatoms. The molecule has 1 aromatic heterocycles. The van der Waals surface area contributed by atoms with Gasteiger partial charge in [0.25, 0.3) is 0 Å². The third-order valence-corrected chi connectivity index (χ3v) is 3.80. The number of nitrogens with one attached hydrogen (secondary N) is 1. The van der Waals surface area contributed by atoms with Crippen LogP contribution in [-0.4, -0.2) is 28.9 Å². The number of carbonyl (C=O) groups is 2. The number of carbonyl (C=O) groups excluding carboxylic acids is 2. The summed E-state index contributed by atoms with van der Waals surface area (Å²) in [4.78, 5) is 23.3. The molecule has 0 spiro atoms. The Balaban J connectivity index is 2.13. The zero-order valence-corrected chi connectivity index (χ0v) is 11.5. The normalized spacial score (nSPS) is 19.2. The Hall–Kier alpha value is -2.11. The minimum absolute atomic E-state index is 0.200. The van der Waals surface area contributed by atoms with Crippen LogP contribution in [0.5, 0.6) is 0 Å². The summed E-state index contributed by atoms with van der Waals surface area (Å²) >= 11 is 0. The number of rotatable bonds is 2. The van der Waals surface area contributed by atoms with Gasteiger partial charge < -0.3 is 0 Å². The van der Waals surface area contributed by atoms with E-state index in [2.05, 4.69) is 10.4 Å². The molecule has 2 heterocycles. The molecule has 1 saturated heterocycles. The highest BCUT2D eigenvalue weighted by molar-refractivity contribution is 6.55. The van der Waals surface area contributed by atoms with Crippen LogP contribution in [0.15, 0.2) is 18.2 Å². The van der Waals surface area contributed by atoms with E-state index in [9.17, 15) is 9.59 Å². The fourth-order valence-electron chi connectivity index (χ4n) is 2.84. The number of hydrogen-bond donors (Lipinski definition) is 1. The van der Waals surface area contributed by atoms with Crippen molar-refractivity contribution in [3.63, 3.8) is 0 Å². The second-order valence-corrected chi connectivity index (χ2v) is 5.04. The first kappa shape index (κ1) is 12.9. The number of amides is 2. The van der Waals surface area contributed by atoms with Gasteiger partial charge in [-0.15, -0.1) is 0 Å². The molecule has 20 heavy (non-hydrogen) atoms. The number of nitrogens with zero attached hydrogens (tertiary/aromatic N) is 2. The number of para-hydroxylation sites is 1. The SMILES string of the molecule is C[B]c1cccc2c(C3CCC(=O)NC3=O)nn(C)c12. The predicted molar refractivity (Wildman–Crippen MR) is 77.1 cm³/mol. The van der Waals surface area contributed by atoms with Crippen molar-refractivity contribution >= 4 is 35.5 Å². The zero-order chi connectivity index (χ0) is 14.3. The zero-order valence-electron chi connectivity index (χ0n) is 11.5. The highest BCUT2D eigenvalue weighted by Gasteiger charge is 2.31. The Labute approximate surface area is 117 Å². The quantitative estimate of drug-likeness (QED) is 0.636. The molecule has 1 aliphatic heterocycles. The average Bonchev–Trinajstić information content (AvgIpc) is 2.76. The molecule has 1 fully saturated rings. The van der Waals surface area contributed by atoms with Crippen LogP contribution in [0.25, 0.3) is 10.9 Å². The van der Waals surface area contributed by atoms with Crippen molar-refractivity contribution in [2.24, 2.45) is 7.05 Å². The number of hydrogen-bond acceptors (Lipinski definition) is 3. The van der Waals surface area contributed by atoms with Crippen LogP contribution in [0.4, 0.5) is 0 Å². The smallest absolute Gasteiger partial charge is 0.235 e. The highest BCUT2D eigenvalue weighted by atomic mass is 16.2. The topological polar surface area (TPSA) is 64.0 Å². The minimum atomic E-state index is -0.344. The Kier molecular flexibility index (Phi) is 3.08. The maximum atomic E-state index is 12.0. The largest absolute Gasteiger partial charge is 0.296 e. The van der Waals surface area contributed by atoms with Crippen molar-refractivity contribution in [3.05, 3.63) is 23.9 Å². The van der Waals surface area contributed by atoms with Gasteiger partial charge >= 0.3 is 0 Å². The van der Waals surface area contributed by atoms with Crippen LogP contribution in [0, 0.1) is 0 Å². The molecule has 1 N–H and O–H groups in total. The molecule has 1 radical (unpaired) electrons. The molecule has 1 aromatic carbocycles. The summed E-state index contributed by atoms with van der Waals surface area (Å²) in [5.74, 6) is -0.787. The lowest BCUT2D eigenvalue weighted by Crippen LogP contribution is -2.39. The van der Waals surface area contributed by atoms with Crippen LogP contribution in [0.3, 0.4) is 0 Å². The summed E-state index contributed by atoms with van der Waals surface area (Å²) in [6.07, 6.45) is 0.894. The van der Waals surface area contributed by atoms with E-state index in [0.717, 1.165) is 22.1 Å². The van der Waals surface area contributed by atoms with Gasteiger partial charge in [-0.3, -0.25) is 19.6 Å². The van der Waals surface area contributed by atoms with Crippen LogP contribution >= 0.6 is 0 Å². The molecule has 5 nitrogen and oxygen atoms in total. The summed E-state index contributed by atoms with van der Waals surface area (Å²) in [5.41, 5.74) is 2.88. The first-order valence-corrected chi connectivity index (χ1v) is 6.70. The van der Waals surface area contributed by atoms with E-state index in [0.29, 0.717) is 12.8 Å². The van der Waals surface area contributed by atoms with Crippen LogP contribution in [0.1, 0.15) is 24.5 Å². The highest BCUT2D eigenvalue weighted by Crippen LogP contribution is 2.29. The van der Waals surface area contributed by atoms with Crippen molar-refractivity contribution in [2.45, 2.75) is 25.6 Å². The number of fused-ring (bicyclic) bond motifs is 1. The van der Waals surface area contributed by atoms with Crippen LogP contribution in [-0.2, 0) is 16.6 Å². The molecule has 0 saturated carbocycles. The lowest BCUT2D eigenvalue weighted by atomic mass is 9.72. The van der Waals surface area contributed by atoms with Crippen molar-refractivity contribution in [3.8, 4) is 0 Å². The second kappa shape index (κ2) is 4.78. The molecule has 1 unspecified atom stereocenters. The fourth-order valence-corrected chi connectivity index (χ4v) is 2.84. The van der Waals surface area contributed by atoms with Gasteiger partial charge in [0.15, 0.2) is 7.28 Å². The maximum absolute atomic E-state index is 12.0. The van der Waals surface area contributed by atoms with Crippen molar-refractivity contribution in [1.82, 2.24) is 15.1 Å². The van der Waals surface area contributed by atoms with Gasteiger partial charge in [0.1, 0.15) is 0 Å². The second-order valence-electron chi connectivity index (χ2n) is 5.04. The average molecular weight is 268 g/mol. The molecule has 1 aliphatic rings. The lowest BCUT2D eigenvalue weighted by Gasteiger charge is -2.19. The van der Waals surface area contributed by atoms with Crippen molar-refractivity contribution in [1.29, 1.82) is 0 Å². The molecule has 3 rings (SSSR count). The fraction of sp³-hybridized carbons (Fsp3) is 0.357. The summed E-state index contributed by atoms with van der Waals surface area (Å²) in [6.45, 7) is 1.98. The van der Waals surface area contributed by atoms with E-state index < -0.39 is 0 Å². The number of aryl methyl sites for hydroxylation is 1. The van der Waals surface area contributed by atoms with E-state index in [1.54, 1.807) is 0 Å². The number of aromatic nitrogens is 2. The summed E-state index contributed by atoms with van der Waals surface area (Å²) in [5, 5.41) is 7.90. The Morgan fingerprint density at radius 2 is 2.20 bits per heavy atom. The molecular weight excluding hydrogens is 253 g/mol. The lowest BCUT2D eigenvalue weighted by molar-refractivity contribution is -0.134. The van der Waals surface area contributed by atoms with Crippen LogP contribution < -0.4 is 10.8 Å². The molecule has 2 amide bonds. The number of imide groups is 1. The minimum Gasteiger partial charge on any atom is -0.296 e. The summed E-state index contributed by atoms with van der Waals surface area (Å²) < 4.78 is 1.81. The molecule has 2 aromatic rings. The molecule has 0 bridgehead atoms. The van der Waals surface area contributed by atoms with E-state index >= 15 is 0 Å². The van der Waals surface area contributed by atoms with Gasteiger partial charge in [-0.1, -0.05) is 30.5 Å². The molecule has 101 valence electrons. The number of benzene rings is 1. The van der Waals surface area contributed by atoms with Crippen molar-refractivity contribution < 1.29 is 9.59 Å². The van der Waals surface area contributed by atoms with Crippen molar-refractivity contribution in [2.75, 3.05) is 0 Å². The summed E-state index contributed by atoms with van der Waals surface area (Å²) in [6, 6.07) is 5.97. The number of piperidine rings is 1. The van der Waals surface area contributed by atoms with E-state index in [-0.39, 0.29) is 17.7 Å². The molecule has 1 atom stereocenters. The van der Waals surface area contributed by atoms with Gasteiger partial charge in [-0.25, -0.2) is 0 Å². The Morgan fingerprint density at radius 3 is 2.90 bits per heavy atom. The maximum Gasteiger partial charge on any atom is 0.235 e. The monoisotopic (exact) mass is 268 g/mol. The van der Waals surface area contributed by atoms with Gasteiger partial charge in [0.2, 0.25) is 11.8 Å². The Bertz CT molecular complexity index is 708. The predicted octanol–water partition coefficient (Wildman–Crippen LogP) is 0.471. The van der Waals surface area contributed by atoms with E-state index in [1.807, 2.05) is 44.0 Å². The first-order valence-electron chi connectivity index (χ1n) is 6.70. The third kappa shape index (κ3) is 1.92. The summed E-state index contributed by atoms with van der Waals surface area (Å²) in [7, 11) is 3.91. The Morgan fingerprint density at radius 1 is 1.40 bits per heavy atom. The molecular formula is C14H15BN3O2. The first-order chi connectivity index (χ1) is 9.61. The standard InChI is InChI=1S/C14H15BN3O2/c1-15-10-5-3-4-8-12(17-18(2)13(8)10)9-6-7-11(19)16-14(9)20/h3-5,9H,6-7H2,1-2H3,(H,16,19,20). The van der Waals surface area contributed by atoms with Gasteiger partial charge in [0, 0.05) is 18.9 Å². The van der Waals surface area contributed by atoms with E-state index in [1.165, 1.54) is 0 Å². The molecule has 0 aliphatic carbocycles. The third-order valence-electron chi connectivity index (χ3n) is 3.80. The van der Waals surface area contributed by atoms with Gasteiger partial charge in [-0.2, -0.15) is 5.10 Å².